The van der Waals surface area contributed by atoms with Gasteiger partial charge in [0.05, 0.1) is 4.90 Å². The SMILES string of the molecule is CCC(=O)NC1CCCN(C(=O)CCNS(=O)(=O)c2ccccc2)C1. The summed E-state index contributed by atoms with van der Waals surface area (Å²) in [6.45, 7) is 2.97. The molecule has 0 radical (unpaired) electrons. The minimum absolute atomic E-state index is 0.0186. The number of sulfonamides is 1. The van der Waals surface area contributed by atoms with Gasteiger partial charge in [-0.25, -0.2) is 13.1 Å². The smallest absolute Gasteiger partial charge is 0.240 e. The summed E-state index contributed by atoms with van der Waals surface area (Å²) < 4.78 is 26.7. The minimum Gasteiger partial charge on any atom is -0.352 e. The summed E-state index contributed by atoms with van der Waals surface area (Å²) in [6.07, 6.45) is 2.21. The van der Waals surface area contributed by atoms with Crippen LogP contribution in [0.5, 0.6) is 0 Å². The van der Waals surface area contributed by atoms with E-state index in [1.807, 2.05) is 0 Å². The molecule has 0 bridgehead atoms. The van der Waals surface area contributed by atoms with Crippen LogP contribution in [0.3, 0.4) is 0 Å². The lowest BCUT2D eigenvalue weighted by Crippen LogP contribution is -2.49. The van der Waals surface area contributed by atoms with Gasteiger partial charge < -0.3 is 10.2 Å². The molecule has 1 aromatic carbocycles. The zero-order valence-electron chi connectivity index (χ0n) is 14.4. The third-order valence-electron chi connectivity index (χ3n) is 4.14. The van der Waals surface area contributed by atoms with Crippen molar-refractivity contribution in [1.82, 2.24) is 14.9 Å². The van der Waals surface area contributed by atoms with E-state index in [-0.39, 0.29) is 35.7 Å². The average molecular weight is 367 g/mol. The standard InChI is InChI=1S/C17H25N3O4S/c1-2-16(21)19-14-7-6-12-20(13-14)17(22)10-11-18-25(23,24)15-8-4-3-5-9-15/h3-5,8-9,14,18H,2,6-7,10-13H2,1H3,(H,19,21). The lowest BCUT2D eigenvalue weighted by molar-refractivity contribution is -0.133. The zero-order chi connectivity index (χ0) is 18.3. The number of amides is 2. The lowest BCUT2D eigenvalue weighted by atomic mass is 10.1. The van der Waals surface area contributed by atoms with Crippen LogP contribution >= 0.6 is 0 Å². The van der Waals surface area contributed by atoms with Crippen molar-refractivity contribution >= 4 is 21.8 Å². The molecule has 138 valence electrons. The normalized spacial score (nSPS) is 18.0. The topological polar surface area (TPSA) is 95.6 Å². The van der Waals surface area contributed by atoms with Crippen molar-refractivity contribution in [1.29, 1.82) is 0 Å². The molecule has 2 amide bonds. The Morgan fingerprint density at radius 2 is 1.96 bits per heavy atom. The van der Waals surface area contributed by atoms with Crippen LogP contribution in [-0.4, -0.2) is 50.8 Å². The van der Waals surface area contributed by atoms with Crippen LogP contribution in [0.25, 0.3) is 0 Å². The van der Waals surface area contributed by atoms with Crippen LogP contribution in [0.4, 0.5) is 0 Å². The fraction of sp³-hybridized carbons (Fsp3) is 0.529. The summed E-state index contributed by atoms with van der Waals surface area (Å²) in [5.74, 6) is -0.124. The van der Waals surface area contributed by atoms with Gasteiger partial charge in [0.15, 0.2) is 0 Å². The fourth-order valence-corrected chi connectivity index (χ4v) is 3.84. The van der Waals surface area contributed by atoms with Crippen LogP contribution in [0, 0.1) is 0 Å². The van der Waals surface area contributed by atoms with Crippen molar-refractivity contribution in [3.63, 3.8) is 0 Å². The number of nitrogens with zero attached hydrogens (tertiary/aromatic N) is 1. The number of carbonyl (C=O) groups is 2. The van der Waals surface area contributed by atoms with E-state index in [0.717, 1.165) is 12.8 Å². The average Bonchev–Trinajstić information content (AvgIpc) is 2.62. The number of carbonyl (C=O) groups excluding carboxylic acids is 2. The zero-order valence-corrected chi connectivity index (χ0v) is 15.2. The Bertz CT molecular complexity index is 691. The van der Waals surface area contributed by atoms with Gasteiger partial charge in [-0.2, -0.15) is 0 Å². The molecule has 0 spiro atoms. The van der Waals surface area contributed by atoms with Crippen LogP contribution in [0.2, 0.25) is 0 Å². The summed E-state index contributed by atoms with van der Waals surface area (Å²) >= 11 is 0. The van der Waals surface area contributed by atoms with Crippen LogP contribution in [0.1, 0.15) is 32.6 Å². The second-order valence-corrected chi connectivity index (χ2v) is 7.83. The van der Waals surface area contributed by atoms with Gasteiger partial charge in [0, 0.05) is 38.5 Å². The predicted molar refractivity (Wildman–Crippen MR) is 94.3 cm³/mol. The molecule has 0 aliphatic carbocycles. The van der Waals surface area contributed by atoms with Gasteiger partial charge in [-0.3, -0.25) is 9.59 Å². The van der Waals surface area contributed by atoms with E-state index in [9.17, 15) is 18.0 Å². The molecular formula is C17H25N3O4S. The molecule has 1 saturated heterocycles. The monoisotopic (exact) mass is 367 g/mol. The van der Waals surface area contributed by atoms with Crippen molar-refractivity contribution in [3.05, 3.63) is 30.3 Å². The minimum atomic E-state index is -3.59. The molecule has 1 fully saturated rings. The molecule has 1 unspecified atom stereocenters. The number of rotatable bonds is 7. The van der Waals surface area contributed by atoms with Crippen molar-refractivity contribution in [2.45, 2.75) is 43.5 Å². The van der Waals surface area contributed by atoms with E-state index in [0.29, 0.717) is 19.5 Å². The fourth-order valence-electron chi connectivity index (χ4n) is 2.78. The highest BCUT2D eigenvalue weighted by Gasteiger charge is 2.24. The molecule has 2 rings (SSSR count). The Labute approximate surface area is 148 Å². The first-order chi connectivity index (χ1) is 11.9. The summed E-state index contributed by atoms with van der Waals surface area (Å²) in [4.78, 5) is 25.7. The van der Waals surface area contributed by atoms with Gasteiger partial charge in [-0.1, -0.05) is 25.1 Å². The molecule has 25 heavy (non-hydrogen) atoms. The van der Waals surface area contributed by atoms with Crippen molar-refractivity contribution in [2.75, 3.05) is 19.6 Å². The Kier molecular flexibility index (Phi) is 6.95. The largest absolute Gasteiger partial charge is 0.352 e. The summed E-state index contributed by atoms with van der Waals surface area (Å²) in [5.41, 5.74) is 0. The van der Waals surface area contributed by atoms with E-state index >= 15 is 0 Å². The van der Waals surface area contributed by atoms with E-state index in [1.165, 1.54) is 12.1 Å². The summed E-state index contributed by atoms with van der Waals surface area (Å²) in [6, 6.07) is 8.04. The first-order valence-corrected chi connectivity index (χ1v) is 10.0. The van der Waals surface area contributed by atoms with E-state index in [2.05, 4.69) is 10.0 Å². The number of benzene rings is 1. The summed E-state index contributed by atoms with van der Waals surface area (Å²) in [5, 5.41) is 2.91. The first-order valence-electron chi connectivity index (χ1n) is 8.54. The maximum atomic E-state index is 12.3. The van der Waals surface area contributed by atoms with Gasteiger partial charge in [-0.05, 0) is 25.0 Å². The van der Waals surface area contributed by atoms with E-state index in [1.54, 1.807) is 30.0 Å². The molecule has 7 nitrogen and oxygen atoms in total. The van der Waals surface area contributed by atoms with Gasteiger partial charge in [0.2, 0.25) is 21.8 Å². The maximum absolute atomic E-state index is 12.3. The molecule has 1 heterocycles. The molecule has 8 heteroatoms. The second kappa shape index (κ2) is 8.96. The molecule has 1 aliphatic rings. The van der Waals surface area contributed by atoms with Gasteiger partial charge in [-0.15, -0.1) is 0 Å². The van der Waals surface area contributed by atoms with Crippen molar-refractivity contribution in [2.24, 2.45) is 0 Å². The van der Waals surface area contributed by atoms with Crippen LogP contribution in [-0.2, 0) is 19.6 Å². The predicted octanol–water partition coefficient (Wildman–Crippen LogP) is 0.872. The number of likely N-dealkylation sites (tertiary alicyclic amines) is 1. The molecule has 0 aromatic heterocycles. The quantitative estimate of drug-likeness (QED) is 0.748. The molecular weight excluding hydrogens is 342 g/mol. The second-order valence-electron chi connectivity index (χ2n) is 6.06. The third-order valence-corrected chi connectivity index (χ3v) is 5.62. The number of hydrogen-bond acceptors (Lipinski definition) is 4. The third kappa shape index (κ3) is 5.82. The van der Waals surface area contributed by atoms with Crippen molar-refractivity contribution < 1.29 is 18.0 Å². The first kappa shape index (κ1) is 19.4. The molecule has 1 aromatic rings. The highest BCUT2D eigenvalue weighted by Crippen LogP contribution is 2.12. The molecule has 0 saturated carbocycles. The highest BCUT2D eigenvalue weighted by molar-refractivity contribution is 7.89. The van der Waals surface area contributed by atoms with Gasteiger partial charge in [0.25, 0.3) is 0 Å². The number of piperidine rings is 1. The van der Waals surface area contributed by atoms with Gasteiger partial charge in [0.1, 0.15) is 0 Å². The van der Waals surface area contributed by atoms with Crippen LogP contribution in [0.15, 0.2) is 35.2 Å². The molecule has 2 N–H and O–H groups in total. The molecule has 1 atom stereocenters. The van der Waals surface area contributed by atoms with E-state index in [4.69, 9.17) is 0 Å². The lowest BCUT2D eigenvalue weighted by Gasteiger charge is -2.33. The van der Waals surface area contributed by atoms with Crippen molar-refractivity contribution in [3.8, 4) is 0 Å². The Morgan fingerprint density at radius 3 is 2.64 bits per heavy atom. The number of hydrogen-bond donors (Lipinski definition) is 2. The Balaban J connectivity index is 1.81. The van der Waals surface area contributed by atoms with Gasteiger partial charge >= 0.3 is 0 Å². The Morgan fingerprint density at radius 1 is 1.24 bits per heavy atom. The number of nitrogens with one attached hydrogen (secondary N) is 2. The summed E-state index contributed by atoms with van der Waals surface area (Å²) in [7, 11) is -3.59. The molecule has 1 aliphatic heterocycles. The van der Waals surface area contributed by atoms with Crippen LogP contribution < -0.4 is 10.0 Å². The van der Waals surface area contributed by atoms with E-state index < -0.39 is 10.0 Å². The maximum Gasteiger partial charge on any atom is 0.240 e. The highest BCUT2D eigenvalue weighted by atomic mass is 32.2. The Hall–Kier alpha value is -1.93.